The number of carbonyl (C=O) groups is 1. The van der Waals surface area contributed by atoms with Gasteiger partial charge >= 0.3 is 0 Å². The molecule has 1 amide bonds. The minimum atomic E-state index is -0.846. The van der Waals surface area contributed by atoms with Crippen LogP contribution < -0.4 is 0 Å². The average Bonchev–Trinajstić information content (AvgIpc) is 2.15. The molecule has 0 aromatic rings. The lowest BCUT2D eigenvalue weighted by Gasteiger charge is -2.38. The number of aliphatic hydroxyl groups excluding tert-OH is 1. The van der Waals surface area contributed by atoms with Gasteiger partial charge in [0.15, 0.2) is 0 Å². The lowest BCUT2D eigenvalue weighted by molar-refractivity contribution is -0.156. The molecule has 0 saturated heterocycles. The Morgan fingerprint density at radius 3 is 2.07 bits per heavy atom. The maximum absolute atomic E-state index is 11.9. The van der Waals surface area contributed by atoms with Crippen LogP contribution in [0.2, 0.25) is 0 Å². The summed E-state index contributed by atoms with van der Waals surface area (Å²) < 4.78 is 5.09. The van der Waals surface area contributed by atoms with Gasteiger partial charge in [-0.15, -0.1) is 0 Å². The van der Waals surface area contributed by atoms with Crippen LogP contribution in [-0.2, 0) is 9.53 Å². The molecule has 0 atom stereocenters. The van der Waals surface area contributed by atoms with Gasteiger partial charge in [0.05, 0.1) is 12.1 Å². The minimum absolute atomic E-state index is 0.0744. The largest absolute Gasteiger partial charge is 0.394 e. The Balaban J connectivity index is 4.71. The highest BCUT2D eigenvalue weighted by molar-refractivity contribution is 5.84. The Hall–Kier alpha value is -0.610. The highest BCUT2D eigenvalue weighted by atomic mass is 16.5. The van der Waals surface area contributed by atoms with E-state index in [-0.39, 0.29) is 12.5 Å². The van der Waals surface area contributed by atoms with Crippen molar-refractivity contribution in [3.8, 4) is 0 Å². The van der Waals surface area contributed by atoms with Gasteiger partial charge in [-0.05, 0) is 27.7 Å². The molecule has 0 aromatic heterocycles. The number of methoxy groups -OCH3 is 1. The molecular weight excluding hydrogens is 182 g/mol. The molecule has 0 unspecified atom stereocenters. The third kappa shape index (κ3) is 2.69. The summed E-state index contributed by atoms with van der Waals surface area (Å²) in [6.07, 6.45) is 0. The van der Waals surface area contributed by atoms with E-state index in [1.165, 1.54) is 12.0 Å². The fourth-order valence-corrected chi connectivity index (χ4v) is 0.872. The van der Waals surface area contributed by atoms with Crippen LogP contribution in [0.25, 0.3) is 0 Å². The van der Waals surface area contributed by atoms with Gasteiger partial charge in [0, 0.05) is 14.2 Å². The summed E-state index contributed by atoms with van der Waals surface area (Å²) in [5.74, 6) is -0.140. The summed E-state index contributed by atoms with van der Waals surface area (Å²) in [6.45, 7) is 6.95. The van der Waals surface area contributed by atoms with E-state index >= 15 is 0 Å². The second-order valence-electron chi connectivity index (χ2n) is 4.55. The number of amides is 1. The monoisotopic (exact) mass is 203 g/mol. The molecule has 0 heterocycles. The first kappa shape index (κ1) is 13.4. The summed E-state index contributed by atoms with van der Waals surface area (Å²) >= 11 is 0. The van der Waals surface area contributed by atoms with Gasteiger partial charge in [-0.3, -0.25) is 4.79 Å². The van der Waals surface area contributed by atoms with Crippen LogP contribution in [-0.4, -0.2) is 47.8 Å². The number of likely N-dealkylation sites (N-methyl/N-ethyl adjacent to an activating group) is 1. The van der Waals surface area contributed by atoms with E-state index in [0.29, 0.717) is 0 Å². The van der Waals surface area contributed by atoms with Crippen molar-refractivity contribution in [3.63, 3.8) is 0 Å². The van der Waals surface area contributed by atoms with Crippen molar-refractivity contribution in [3.05, 3.63) is 0 Å². The lowest BCUT2D eigenvalue weighted by atomic mass is 10.0. The molecule has 0 aliphatic rings. The fraction of sp³-hybridized carbons (Fsp3) is 0.900. The number of carbonyl (C=O) groups excluding carboxylic acids is 1. The van der Waals surface area contributed by atoms with Crippen molar-refractivity contribution in [2.75, 3.05) is 20.8 Å². The second kappa shape index (κ2) is 4.28. The molecule has 1 N–H and O–H groups in total. The molecule has 14 heavy (non-hydrogen) atoms. The predicted molar refractivity (Wildman–Crippen MR) is 55.0 cm³/mol. The molecule has 0 aliphatic heterocycles. The van der Waals surface area contributed by atoms with Crippen LogP contribution in [0.4, 0.5) is 0 Å². The predicted octanol–water partition coefficient (Wildman–Crippen LogP) is 0.641. The van der Waals surface area contributed by atoms with Crippen molar-refractivity contribution in [1.29, 1.82) is 0 Å². The van der Waals surface area contributed by atoms with Crippen LogP contribution in [0.15, 0.2) is 0 Å². The number of rotatable bonds is 4. The Kier molecular flexibility index (Phi) is 4.09. The number of hydrogen-bond donors (Lipinski definition) is 1. The van der Waals surface area contributed by atoms with Crippen LogP contribution in [0.3, 0.4) is 0 Å². The molecule has 4 nitrogen and oxygen atoms in total. The fourth-order valence-electron chi connectivity index (χ4n) is 0.872. The highest BCUT2D eigenvalue weighted by Crippen LogP contribution is 2.18. The first-order chi connectivity index (χ1) is 6.19. The Morgan fingerprint density at radius 2 is 1.79 bits per heavy atom. The van der Waals surface area contributed by atoms with E-state index in [0.717, 1.165) is 0 Å². The smallest absolute Gasteiger partial charge is 0.254 e. The van der Waals surface area contributed by atoms with Gasteiger partial charge in [0.1, 0.15) is 5.60 Å². The van der Waals surface area contributed by atoms with E-state index in [2.05, 4.69) is 0 Å². The van der Waals surface area contributed by atoms with Gasteiger partial charge in [-0.1, -0.05) is 0 Å². The molecule has 0 saturated carbocycles. The van der Waals surface area contributed by atoms with Gasteiger partial charge in [0.25, 0.3) is 5.91 Å². The molecule has 0 aromatic carbocycles. The van der Waals surface area contributed by atoms with Crippen LogP contribution >= 0.6 is 0 Å². The molecule has 4 heteroatoms. The molecular formula is C10H21NO3. The average molecular weight is 203 g/mol. The van der Waals surface area contributed by atoms with Crippen molar-refractivity contribution in [2.45, 2.75) is 38.8 Å². The lowest BCUT2D eigenvalue weighted by Crippen LogP contribution is -2.54. The van der Waals surface area contributed by atoms with E-state index in [4.69, 9.17) is 9.84 Å². The topological polar surface area (TPSA) is 49.8 Å². The standard InChI is InChI=1S/C10H21NO3/c1-9(2,7-12)11(5)8(13)10(3,4)14-6/h12H,7H2,1-6H3. The third-order valence-corrected chi connectivity index (χ3v) is 2.62. The summed E-state index contributed by atoms with van der Waals surface area (Å²) in [6, 6.07) is 0. The Morgan fingerprint density at radius 1 is 1.36 bits per heavy atom. The summed E-state index contributed by atoms with van der Waals surface area (Å²) in [4.78, 5) is 13.4. The summed E-state index contributed by atoms with van der Waals surface area (Å²) in [7, 11) is 3.16. The molecule has 0 fully saturated rings. The summed E-state index contributed by atoms with van der Waals surface area (Å²) in [5, 5.41) is 9.12. The molecule has 0 spiro atoms. The van der Waals surface area contributed by atoms with Gasteiger partial charge in [0.2, 0.25) is 0 Å². The maximum atomic E-state index is 11.9. The number of aliphatic hydroxyl groups is 1. The van der Waals surface area contributed by atoms with Crippen LogP contribution in [0, 0.1) is 0 Å². The van der Waals surface area contributed by atoms with Gasteiger partial charge in [-0.2, -0.15) is 0 Å². The summed E-state index contributed by atoms with van der Waals surface area (Å²) in [5.41, 5.74) is -1.41. The highest BCUT2D eigenvalue weighted by Gasteiger charge is 2.36. The molecule has 0 rings (SSSR count). The number of ether oxygens (including phenoxy) is 1. The van der Waals surface area contributed by atoms with Gasteiger partial charge < -0.3 is 14.7 Å². The molecule has 0 bridgehead atoms. The van der Waals surface area contributed by atoms with E-state index < -0.39 is 11.1 Å². The second-order valence-corrected chi connectivity index (χ2v) is 4.55. The first-order valence-electron chi connectivity index (χ1n) is 4.63. The first-order valence-corrected chi connectivity index (χ1v) is 4.63. The van der Waals surface area contributed by atoms with Crippen LogP contribution in [0.5, 0.6) is 0 Å². The Bertz CT molecular complexity index is 211. The zero-order valence-corrected chi connectivity index (χ0v) is 9.92. The SMILES string of the molecule is COC(C)(C)C(=O)N(C)C(C)(C)CO. The zero-order valence-electron chi connectivity index (χ0n) is 9.92. The Labute approximate surface area is 85.9 Å². The maximum Gasteiger partial charge on any atom is 0.254 e. The number of hydrogen-bond acceptors (Lipinski definition) is 3. The number of nitrogens with zero attached hydrogens (tertiary/aromatic N) is 1. The van der Waals surface area contributed by atoms with Gasteiger partial charge in [-0.25, -0.2) is 0 Å². The van der Waals surface area contributed by atoms with Crippen molar-refractivity contribution >= 4 is 5.91 Å². The molecule has 0 radical (unpaired) electrons. The van der Waals surface area contributed by atoms with Crippen molar-refractivity contribution in [1.82, 2.24) is 4.90 Å². The van der Waals surface area contributed by atoms with E-state index in [1.807, 2.05) is 0 Å². The van der Waals surface area contributed by atoms with E-state index in [9.17, 15) is 4.79 Å². The quantitative estimate of drug-likeness (QED) is 0.729. The van der Waals surface area contributed by atoms with Crippen LogP contribution in [0.1, 0.15) is 27.7 Å². The zero-order chi connectivity index (χ0) is 11.6. The van der Waals surface area contributed by atoms with Crippen molar-refractivity contribution < 1.29 is 14.6 Å². The van der Waals surface area contributed by atoms with E-state index in [1.54, 1.807) is 34.7 Å². The molecule has 84 valence electrons. The minimum Gasteiger partial charge on any atom is -0.394 e. The van der Waals surface area contributed by atoms with Crippen molar-refractivity contribution in [2.24, 2.45) is 0 Å². The normalized spacial score (nSPS) is 12.8. The third-order valence-electron chi connectivity index (χ3n) is 2.62. The molecule has 0 aliphatic carbocycles.